The van der Waals surface area contributed by atoms with E-state index in [-0.39, 0.29) is 12.4 Å². The van der Waals surface area contributed by atoms with Crippen LogP contribution in [0.4, 0.5) is 0 Å². The van der Waals surface area contributed by atoms with Gasteiger partial charge in [0.1, 0.15) is 0 Å². The third-order valence-corrected chi connectivity index (χ3v) is 4.92. The third kappa shape index (κ3) is 3.27. The minimum absolute atomic E-state index is 0. The Bertz CT molecular complexity index is 671. The van der Waals surface area contributed by atoms with Gasteiger partial charge in [-0.1, -0.05) is 12.1 Å². The number of benzene rings is 1. The Morgan fingerprint density at radius 2 is 2.05 bits per heavy atom. The highest BCUT2D eigenvalue weighted by molar-refractivity contribution is 7.89. The van der Waals surface area contributed by atoms with E-state index in [2.05, 4.69) is 10.3 Å². The van der Waals surface area contributed by atoms with Gasteiger partial charge in [0.05, 0.1) is 4.90 Å². The number of hydrogen-bond donors (Lipinski definition) is 1. The largest absolute Gasteiger partial charge is 0.318 e. The summed E-state index contributed by atoms with van der Waals surface area (Å²) >= 11 is 0. The molecule has 2 rings (SSSR count). The van der Waals surface area contributed by atoms with Crippen molar-refractivity contribution in [3.8, 4) is 0 Å². The molecule has 0 bridgehead atoms. The van der Waals surface area contributed by atoms with Crippen LogP contribution in [-0.4, -0.2) is 44.9 Å². The van der Waals surface area contributed by atoms with E-state index in [1.807, 2.05) is 6.07 Å². The average molecular weight is 316 g/mol. The predicted octanol–water partition coefficient (Wildman–Crippen LogP) is 1.50. The zero-order chi connectivity index (χ0) is 13.9. The number of aromatic nitrogens is 1. The number of fused-ring (bicyclic) bond motifs is 1. The fourth-order valence-corrected chi connectivity index (χ4v) is 3.26. The molecule has 5 nitrogen and oxygen atoms in total. The van der Waals surface area contributed by atoms with Crippen molar-refractivity contribution in [2.45, 2.75) is 4.90 Å². The summed E-state index contributed by atoms with van der Waals surface area (Å²) in [7, 11) is -0.0866. The maximum Gasteiger partial charge on any atom is 0.243 e. The molecule has 2 aromatic rings. The molecule has 0 spiro atoms. The highest BCUT2D eigenvalue weighted by atomic mass is 35.5. The molecule has 0 radical (unpaired) electrons. The second-order valence-corrected chi connectivity index (χ2v) is 6.30. The van der Waals surface area contributed by atoms with Gasteiger partial charge >= 0.3 is 0 Å². The summed E-state index contributed by atoms with van der Waals surface area (Å²) < 4.78 is 26.4. The second kappa shape index (κ2) is 6.99. The highest BCUT2D eigenvalue weighted by Crippen LogP contribution is 2.24. The predicted molar refractivity (Wildman–Crippen MR) is 82.7 cm³/mol. The Labute approximate surface area is 125 Å². The van der Waals surface area contributed by atoms with Crippen LogP contribution in [0.1, 0.15) is 0 Å². The molecule has 0 saturated heterocycles. The topological polar surface area (TPSA) is 62.3 Å². The molecule has 1 aromatic heterocycles. The Morgan fingerprint density at radius 3 is 2.75 bits per heavy atom. The first-order valence-electron chi connectivity index (χ1n) is 6.01. The van der Waals surface area contributed by atoms with Crippen molar-refractivity contribution in [1.82, 2.24) is 14.6 Å². The fraction of sp³-hybridized carbons (Fsp3) is 0.308. The van der Waals surface area contributed by atoms with E-state index in [0.29, 0.717) is 23.4 Å². The number of likely N-dealkylation sites (N-methyl/N-ethyl adjacent to an activating group) is 2. The van der Waals surface area contributed by atoms with Crippen molar-refractivity contribution in [2.24, 2.45) is 0 Å². The molecular formula is C13H18ClN3O2S. The number of pyridine rings is 1. The monoisotopic (exact) mass is 315 g/mol. The lowest BCUT2D eigenvalue weighted by Gasteiger charge is -2.18. The highest BCUT2D eigenvalue weighted by Gasteiger charge is 2.22. The summed E-state index contributed by atoms with van der Waals surface area (Å²) in [6.07, 6.45) is 3.27. The maximum absolute atomic E-state index is 12.5. The molecule has 0 aliphatic rings. The number of halogens is 1. The Morgan fingerprint density at radius 1 is 1.30 bits per heavy atom. The van der Waals surface area contributed by atoms with Crippen LogP contribution < -0.4 is 5.32 Å². The van der Waals surface area contributed by atoms with Gasteiger partial charge < -0.3 is 5.32 Å². The fourth-order valence-electron chi connectivity index (χ4n) is 1.88. The van der Waals surface area contributed by atoms with Crippen LogP contribution in [0.3, 0.4) is 0 Å². The van der Waals surface area contributed by atoms with Crippen LogP contribution in [0, 0.1) is 0 Å². The molecule has 7 heteroatoms. The van der Waals surface area contributed by atoms with Crippen LogP contribution in [-0.2, 0) is 10.0 Å². The number of nitrogens with one attached hydrogen (secondary N) is 1. The van der Waals surface area contributed by atoms with Crippen molar-refractivity contribution in [1.29, 1.82) is 0 Å². The molecule has 0 aliphatic carbocycles. The zero-order valence-electron chi connectivity index (χ0n) is 11.4. The number of sulfonamides is 1. The zero-order valence-corrected chi connectivity index (χ0v) is 13.0. The molecule has 0 atom stereocenters. The molecular weight excluding hydrogens is 298 g/mol. The minimum Gasteiger partial charge on any atom is -0.318 e. The molecule has 0 saturated carbocycles. The van der Waals surface area contributed by atoms with Gasteiger partial charge in [0.25, 0.3) is 0 Å². The van der Waals surface area contributed by atoms with Gasteiger partial charge in [-0.05, 0) is 19.2 Å². The van der Waals surface area contributed by atoms with Crippen LogP contribution in [0.5, 0.6) is 0 Å². The Hall–Kier alpha value is -1.21. The van der Waals surface area contributed by atoms with Crippen LogP contribution in [0.2, 0.25) is 0 Å². The molecule has 1 N–H and O–H groups in total. The molecule has 0 unspecified atom stereocenters. The van der Waals surface area contributed by atoms with Crippen LogP contribution >= 0.6 is 12.4 Å². The van der Waals surface area contributed by atoms with E-state index in [0.717, 1.165) is 5.39 Å². The Kier molecular flexibility index (Phi) is 5.88. The van der Waals surface area contributed by atoms with E-state index >= 15 is 0 Å². The molecule has 1 aromatic carbocycles. The minimum atomic E-state index is -3.47. The molecule has 0 aliphatic heterocycles. The number of hydrogen-bond acceptors (Lipinski definition) is 4. The summed E-state index contributed by atoms with van der Waals surface area (Å²) in [6.45, 7) is 1.04. The molecule has 0 fully saturated rings. The van der Waals surface area contributed by atoms with Gasteiger partial charge in [-0.15, -0.1) is 12.4 Å². The first-order valence-corrected chi connectivity index (χ1v) is 7.45. The van der Waals surface area contributed by atoms with Crippen molar-refractivity contribution in [2.75, 3.05) is 27.2 Å². The van der Waals surface area contributed by atoms with Gasteiger partial charge in [-0.3, -0.25) is 4.98 Å². The normalized spacial score (nSPS) is 11.6. The van der Waals surface area contributed by atoms with Crippen LogP contribution in [0.25, 0.3) is 10.8 Å². The SMILES string of the molecule is CNCCN(C)S(=O)(=O)c1cccc2cnccc12.Cl. The van der Waals surface area contributed by atoms with E-state index in [1.54, 1.807) is 44.7 Å². The molecule has 1 heterocycles. The molecule has 110 valence electrons. The third-order valence-electron chi connectivity index (χ3n) is 3.01. The van der Waals surface area contributed by atoms with E-state index < -0.39 is 10.0 Å². The van der Waals surface area contributed by atoms with E-state index in [4.69, 9.17) is 0 Å². The van der Waals surface area contributed by atoms with Crippen LogP contribution in [0.15, 0.2) is 41.6 Å². The average Bonchev–Trinajstić information content (AvgIpc) is 2.43. The summed E-state index contributed by atoms with van der Waals surface area (Å²) in [5.41, 5.74) is 0. The summed E-state index contributed by atoms with van der Waals surface area (Å²) in [6, 6.07) is 6.96. The first kappa shape index (κ1) is 16.8. The first-order chi connectivity index (χ1) is 9.07. The summed E-state index contributed by atoms with van der Waals surface area (Å²) in [5, 5.41) is 4.47. The van der Waals surface area contributed by atoms with Crippen molar-refractivity contribution in [3.63, 3.8) is 0 Å². The summed E-state index contributed by atoms with van der Waals surface area (Å²) in [4.78, 5) is 4.34. The van der Waals surface area contributed by atoms with Gasteiger partial charge in [-0.2, -0.15) is 4.31 Å². The van der Waals surface area contributed by atoms with Crippen molar-refractivity contribution < 1.29 is 8.42 Å². The smallest absolute Gasteiger partial charge is 0.243 e. The molecule has 20 heavy (non-hydrogen) atoms. The van der Waals surface area contributed by atoms with E-state index in [9.17, 15) is 8.42 Å². The van der Waals surface area contributed by atoms with Gasteiger partial charge in [0.2, 0.25) is 10.0 Å². The van der Waals surface area contributed by atoms with E-state index in [1.165, 1.54) is 4.31 Å². The standard InChI is InChI=1S/C13H17N3O2S.ClH/c1-14-8-9-16(2)19(17,18)13-5-3-4-11-10-15-7-6-12(11)13;/h3-7,10,14H,8-9H2,1-2H3;1H. The second-order valence-electron chi connectivity index (χ2n) is 4.28. The lowest BCUT2D eigenvalue weighted by Crippen LogP contribution is -2.32. The lowest BCUT2D eigenvalue weighted by molar-refractivity contribution is 0.466. The quantitative estimate of drug-likeness (QED) is 0.908. The van der Waals surface area contributed by atoms with Gasteiger partial charge in [0, 0.05) is 43.3 Å². The summed E-state index contributed by atoms with van der Waals surface area (Å²) in [5.74, 6) is 0. The van der Waals surface area contributed by atoms with Gasteiger partial charge in [0.15, 0.2) is 0 Å². The Balaban J connectivity index is 0.00000200. The van der Waals surface area contributed by atoms with Crippen molar-refractivity contribution in [3.05, 3.63) is 36.7 Å². The molecule has 0 amide bonds. The van der Waals surface area contributed by atoms with Gasteiger partial charge in [-0.25, -0.2) is 8.42 Å². The maximum atomic E-state index is 12.5. The number of nitrogens with zero attached hydrogens (tertiary/aromatic N) is 2. The lowest BCUT2D eigenvalue weighted by atomic mass is 10.2. The number of rotatable bonds is 5. The van der Waals surface area contributed by atoms with Crippen molar-refractivity contribution >= 4 is 33.2 Å².